The van der Waals surface area contributed by atoms with Gasteiger partial charge in [0.15, 0.2) is 0 Å². The maximum atomic E-state index is 13.1. The molecule has 5 heteroatoms. The van der Waals surface area contributed by atoms with Crippen LogP contribution in [-0.2, 0) is 0 Å². The monoisotopic (exact) mass is 236 g/mol. The highest BCUT2D eigenvalue weighted by Crippen LogP contribution is 2.22. The summed E-state index contributed by atoms with van der Waals surface area (Å²) in [4.78, 5) is 4.07. The van der Waals surface area contributed by atoms with Gasteiger partial charge in [-0.15, -0.1) is 0 Å². The molecule has 0 aliphatic heterocycles. The van der Waals surface area contributed by atoms with Crippen LogP contribution in [0.25, 0.3) is 11.5 Å². The molecule has 1 aromatic carbocycles. The van der Waals surface area contributed by atoms with E-state index in [0.29, 0.717) is 17.5 Å². The second-order valence-electron chi connectivity index (χ2n) is 3.85. The number of aliphatic hydroxyl groups is 1. The van der Waals surface area contributed by atoms with Crippen molar-refractivity contribution in [1.29, 1.82) is 0 Å². The van der Waals surface area contributed by atoms with Gasteiger partial charge in [-0.25, -0.2) is 4.39 Å². The van der Waals surface area contributed by atoms with Gasteiger partial charge in [-0.05, 0) is 37.1 Å². The van der Waals surface area contributed by atoms with E-state index in [0.717, 1.165) is 0 Å². The molecule has 2 aromatic rings. The van der Waals surface area contributed by atoms with Crippen molar-refractivity contribution in [2.45, 2.75) is 26.4 Å². The lowest BCUT2D eigenvalue weighted by Crippen LogP contribution is -1.97. The number of aliphatic hydroxyl groups excluding tert-OH is 1. The van der Waals surface area contributed by atoms with E-state index in [2.05, 4.69) is 10.1 Å². The average Bonchev–Trinajstić information content (AvgIpc) is 2.81. The molecule has 0 saturated carbocycles. The number of rotatable bonds is 3. The molecular weight excluding hydrogens is 223 g/mol. The van der Waals surface area contributed by atoms with Gasteiger partial charge >= 0.3 is 0 Å². The highest BCUT2D eigenvalue weighted by Gasteiger charge is 2.15. The zero-order valence-electron chi connectivity index (χ0n) is 9.64. The van der Waals surface area contributed by atoms with Crippen LogP contribution >= 0.6 is 0 Å². The molecule has 2 rings (SSSR count). The fourth-order valence-electron chi connectivity index (χ4n) is 1.45. The SMILES string of the molecule is CCC(O)c1noc(-c2ccc(F)c(C)c2)n1. The van der Waals surface area contributed by atoms with Gasteiger partial charge in [0.1, 0.15) is 11.9 Å². The first-order valence-corrected chi connectivity index (χ1v) is 5.40. The Morgan fingerprint density at radius 3 is 2.88 bits per heavy atom. The van der Waals surface area contributed by atoms with Crippen LogP contribution in [0.3, 0.4) is 0 Å². The minimum atomic E-state index is -0.728. The van der Waals surface area contributed by atoms with Crippen LogP contribution < -0.4 is 0 Å². The summed E-state index contributed by atoms with van der Waals surface area (Å²) in [6.45, 7) is 3.49. The summed E-state index contributed by atoms with van der Waals surface area (Å²) >= 11 is 0. The van der Waals surface area contributed by atoms with Gasteiger partial charge in [-0.3, -0.25) is 0 Å². The van der Waals surface area contributed by atoms with Crippen LogP contribution in [0.2, 0.25) is 0 Å². The predicted molar refractivity (Wildman–Crippen MR) is 59.7 cm³/mol. The molecule has 1 atom stereocenters. The fourth-order valence-corrected chi connectivity index (χ4v) is 1.45. The van der Waals surface area contributed by atoms with Crippen molar-refractivity contribution in [3.8, 4) is 11.5 Å². The number of hydrogen-bond donors (Lipinski definition) is 1. The zero-order valence-corrected chi connectivity index (χ0v) is 9.64. The van der Waals surface area contributed by atoms with Gasteiger partial charge in [0, 0.05) is 5.56 Å². The first-order valence-electron chi connectivity index (χ1n) is 5.40. The Morgan fingerprint density at radius 1 is 1.47 bits per heavy atom. The second-order valence-corrected chi connectivity index (χ2v) is 3.85. The summed E-state index contributed by atoms with van der Waals surface area (Å²) in [7, 11) is 0. The Kier molecular flexibility index (Phi) is 3.19. The molecule has 0 radical (unpaired) electrons. The minimum absolute atomic E-state index is 0.254. The zero-order chi connectivity index (χ0) is 12.4. The lowest BCUT2D eigenvalue weighted by Gasteiger charge is -1.99. The summed E-state index contributed by atoms with van der Waals surface area (Å²) in [5, 5.41) is 13.2. The van der Waals surface area contributed by atoms with Crippen LogP contribution in [0, 0.1) is 12.7 Å². The molecular formula is C12H13FN2O2. The molecule has 0 aliphatic rings. The minimum Gasteiger partial charge on any atom is -0.385 e. The third-order valence-corrected chi connectivity index (χ3v) is 2.53. The largest absolute Gasteiger partial charge is 0.385 e. The number of nitrogens with zero attached hydrogens (tertiary/aromatic N) is 2. The summed E-state index contributed by atoms with van der Waals surface area (Å²) in [5.41, 5.74) is 1.16. The maximum Gasteiger partial charge on any atom is 0.258 e. The fraction of sp³-hybridized carbons (Fsp3) is 0.333. The Balaban J connectivity index is 2.33. The lowest BCUT2D eigenvalue weighted by molar-refractivity contribution is 0.159. The standard InChI is InChI=1S/C12H13FN2O2/c1-3-10(16)11-14-12(17-15-11)8-4-5-9(13)7(2)6-8/h4-6,10,16H,3H2,1-2H3. The summed E-state index contributed by atoms with van der Waals surface area (Å²) in [6, 6.07) is 4.55. The Morgan fingerprint density at radius 2 is 2.24 bits per heavy atom. The van der Waals surface area contributed by atoms with E-state index < -0.39 is 6.10 Å². The van der Waals surface area contributed by atoms with E-state index in [1.807, 2.05) is 6.92 Å². The average molecular weight is 236 g/mol. The van der Waals surface area contributed by atoms with Crippen molar-refractivity contribution in [1.82, 2.24) is 10.1 Å². The lowest BCUT2D eigenvalue weighted by atomic mass is 10.1. The molecule has 0 spiro atoms. The van der Waals surface area contributed by atoms with Crippen LogP contribution in [0.4, 0.5) is 4.39 Å². The first kappa shape index (κ1) is 11.7. The molecule has 0 amide bonds. The number of benzene rings is 1. The Labute approximate surface area is 98.1 Å². The number of halogens is 1. The summed E-state index contributed by atoms with van der Waals surface area (Å²) in [5.74, 6) is 0.266. The molecule has 17 heavy (non-hydrogen) atoms. The van der Waals surface area contributed by atoms with Gasteiger partial charge in [-0.2, -0.15) is 4.98 Å². The quantitative estimate of drug-likeness (QED) is 0.889. The number of aryl methyl sites for hydroxylation is 1. The highest BCUT2D eigenvalue weighted by atomic mass is 19.1. The van der Waals surface area contributed by atoms with Crippen molar-refractivity contribution in [3.05, 3.63) is 35.4 Å². The highest BCUT2D eigenvalue weighted by molar-refractivity contribution is 5.54. The second kappa shape index (κ2) is 4.63. The van der Waals surface area contributed by atoms with Crippen molar-refractivity contribution in [2.75, 3.05) is 0 Å². The van der Waals surface area contributed by atoms with Crippen LogP contribution in [-0.4, -0.2) is 15.2 Å². The molecule has 90 valence electrons. The molecule has 1 heterocycles. The van der Waals surface area contributed by atoms with E-state index >= 15 is 0 Å². The third kappa shape index (κ3) is 2.34. The number of hydrogen-bond acceptors (Lipinski definition) is 4. The molecule has 0 saturated heterocycles. The van der Waals surface area contributed by atoms with Crippen molar-refractivity contribution < 1.29 is 14.0 Å². The smallest absolute Gasteiger partial charge is 0.258 e. The van der Waals surface area contributed by atoms with Gasteiger partial charge < -0.3 is 9.63 Å². The summed E-state index contributed by atoms with van der Waals surface area (Å²) < 4.78 is 18.1. The molecule has 1 unspecified atom stereocenters. The van der Waals surface area contributed by atoms with E-state index in [9.17, 15) is 9.50 Å². The molecule has 0 fully saturated rings. The van der Waals surface area contributed by atoms with Crippen molar-refractivity contribution in [3.63, 3.8) is 0 Å². The normalized spacial score (nSPS) is 12.7. The van der Waals surface area contributed by atoms with Gasteiger partial charge in [0.2, 0.25) is 5.82 Å². The molecule has 4 nitrogen and oxygen atoms in total. The van der Waals surface area contributed by atoms with Crippen molar-refractivity contribution >= 4 is 0 Å². The van der Waals surface area contributed by atoms with E-state index in [-0.39, 0.29) is 17.5 Å². The van der Waals surface area contributed by atoms with E-state index in [1.165, 1.54) is 6.07 Å². The van der Waals surface area contributed by atoms with Crippen LogP contribution in [0.15, 0.2) is 22.7 Å². The molecule has 1 N–H and O–H groups in total. The molecule has 0 bridgehead atoms. The molecule has 1 aromatic heterocycles. The van der Waals surface area contributed by atoms with E-state index in [1.54, 1.807) is 19.1 Å². The topological polar surface area (TPSA) is 59.2 Å². The van der Waals surface area contributed by atoms with Crippen LogP contribution in [0.1, 0.15) is 30.8 Å². The maximum absolute atomic E-state index is 13.1. The number of aromatic nitrogens is 2. The predicted octanol–water partition coefficient (Wildman–Crippen LogP) is 2.63. The van der Waals surface area contributed by atoms with Crippen molar-refractivity contribution in [2.24, 2.45) is 0 Å². The van der Waals surface area contributed by atoms with E-state index in [4.69, 9.17) is 4.52 Å². The Hall–Kier alpha value is -1.75. The van der Waals surface area contributed by atoms with Gasteiger partial charge in [-0.1, -0.05) is 12.1 Å². The first-order chi connectivity index (χ1) is 8.11. The van der Waals surface area contributed by atoms with Crippen LogP contribution in [0.5, 0.6) is 0 Å². The Bertz CT molecular complexity index is 525. The summed E-state index contributed by atoms with van der Waals surface area (Å²) in [6.07, 6.45) is -0.212. The van der Waals surface area contributed by atoms with Gasteiger partial charge in [0.05, 0.1) is 0 Å². The molecule has 0 aliphatic carbocycles. The van der Waals surface area contributed by atoms with Gasteiger partial charge in [0.25, 0.3) is 5.89 Å². The third-order valence-electron chi connectivity index (χ3n) is 2.53.